The molecule has 3 heterocycles. The molecule has 11 aromatic carbocycles. The van der Waals surface area contributed by atoms with E-state index in [1.807, 2.05) is 6.07 Å². The lowest BCUT2D eigenvalue weighted by Gasteiger charge is -2.44. The Labute approximate surface area is 413 Å². The molecule has 12 aromatic rings. The van der Waals surface area contributed by atoms with Crippen LogP contribution in [0.5, 0.6) is 0 Å². The second-order valence-electron chi connectivity index (χ2n) is 18.6. The van der Waals surface area contributed by atoms with Crippen LogP contribution >= 0.6 is 0 Å². The predicted molar refractivity (Wildman–Crippen MR) is 298 cm³/mol. The summed E-state index contributed by atoms with van der Waals surface area (Å²) in [5.74, 6) is 0.682. The molecule has 0 fully saturated rings. The minimum absolute atomic E-state index is 0.0851. The summed E-state index contributed by atoms with van der Waals surface area (Å²) in [6.07, 6.45) is 0. The molecule has 0 aliphatic carbocycles. The van der Waals surface area contributed by atoms with Gasteiger partial charge in [-0.2, -0.15) is 0 Å². The van der Waals surface area contributed by atoms with Gasteiger partial charge in [-0.1, -0.05) is 206 Å². The molecule has 0 N–H and O–H groups in total. The van der Waals surface area contributed by atoms with Crippen molar-refractivity contribution in [2.75, 3.05) is 9.80 Å². The number of hydrogen-bond acceptors (Lipinski definition) is 4. The lowest BCUT2D eigenvalue weighted by atomic mass is 9.33. The van der Waals surface area contributed by atoms with Gasteiger partial charge in [0.25, 0.3) is 6.71 Å². The largest absolute Gasteiger partial charge is 0.311 e. The van der Waals surface area contributed by atoms with Crippen LogP contribution in [0.2, 0.25) is 0 Å². The highest BCUT2D eigenvalue weighted by Gasteiger charge is 2.44. The van der Waals surface area contributed by atoms with Gasteiger partial charge in [0.05, 0.1) is 11.4 Å². The van der Waals surface area contributed by atoms with Gasteiger partial charge in [-0.05, 0) is 115 Å². The third-order valence-corrected chi connectivity index (χ3v) is 14.4. The minimum atomic E-state index is -0.0851. The summed E-state index contributed by atoms with van der Waals surface area (Å²) in [4.78, 5) is 15.7. The Bertz CT molecular complexity index is 3720. The van der Waals surface area contributed by atoms with E-state index in [0.29, 0.717) is 5.82 Å². The number of anilines is 6. The van der Waals surface area contributed by atoms with Gasteiger partial charge in [-0.15, -0.1) is 0 Å². The van der Waals surface area contributed by atoms with Crippen LogP contribution in [0.25, 0.3) is 77.7 Å². The summed E-state index contributed by atoms with van der Waals surface area (Å²) in [6, 6.07) is 94.6. The van der Waals surface area contributed by atoms with E-state index >= 15 is 0 Å². The normalized spacial score (nSPS) is 12.4. The smallest absolute Gasteiger partial charge is 0.252 e. The SMILES string of the molecule is c1ccc(-c2ccc(N3c4cc5ccccc5cc4B4c5cc6ccccc6cc5N(c5ccc(-c6ccccc6)cc5)c5cc(-c6cc(-c7ccccc7)nc(-c7ccccc7)n6)cc3c54)cc2)cc1. The van der Waals surface area contributed by atoms with Crippen LogP contribution in [-0.2, 0) is 0 Å². The van der Waals surface area contributed by atoms with Crippen molar-refractivity contribution in [3.8, 4) is 56.2 Å². The first-order valence-corrected chi connectivity index (χ1v) is 24.3. The number of fused-ring (bicyclic) bond motifs is 6. The molecule has 330 valence electrons. The summed E-state index contributed by atoms with van der Waals surface area (Å²) in [5, 5.41) is 4.83. The number of nitrogens with zero attached hydrogens (tertiary/aromatic N) is 4. The van der Waals surface area contributed by atoms with Crippen LogP contribution < -0.4 is 26.2 Å². The minimum Gasteiger partial charge on any atom is -0.311 e. The van der Waals surface area contributed by atoms with Gasteiger partial charge in [0.1, 0.15) is 0 Å². The molecular weight excluding hydrogens is 860 g/mol. The molecule has 0 saturated carbocycles. The van der Waals surface area contributed by atoms with E-state index in [9.17, 15) is 0 Å². The topological polar surface area (TPSA) is 32.3 Å². The van der Waals surface area contributed by atoms with E-state index < -0.39 is 0 Å². The van der Waals surface area contributed by atoms with Gasteiger partial charge in [0, 0.05) is 50.8 Å². The van der Waals surface area contributed by atoms with Crippen molar-refractivity contribution in [1.82, 2.24) is 9.97 Å². The van der Waals surface area contributed by atoms with Crippen LogP contribution in [0.15, 0.2) is 261 Å². The predicted octanol–water partition coefficient (Wildman–Crippen LogP) is 15.2. The van der Waals surface area contributed by atoms with Crippen molar-refractivity contribution >= 4 is 78.8 Å². The Kier molecular flexibility index (Phi) is 9.59. The first kappa shape index (κ1) is 40.7. The summed E-state index contributed by atoms with van der Waals surface area (Å²) in [6.45, 7) is -0.0851. The lowest BCUT2D eigenvalue weighted by Crippen LogP contribution is -2.61. The van der Waals surface area contributed by atoms with E-state index in [0.717, 1.165) is 62.2 Å². The summed E-state index contributed by atoms with van der Waals surface area (Å²) in [5.41, 5.74) is 20.0. The quantitative estimate of drug-likeness (QED) is 0.149. The van der Waals surface area contributed by atoms with Gasteiger partial charge in [0.2, 0.25) is 0 Å². The van der Waals surface area contributed by atoms with Crippen LogP contribution in [0.1, 0.15) is 0 Å². The van der Waals surface area contributed by atoms with E-state index in [1.54, 1.807) is 0 Å². The Hall–Kier alpha value is -9.32. The maximum absolute atomic E-state index is 5.47. The van der Waals surface area contributed by atoms with Crippen molar-refractivity contribution in [3.05, 3.63) is 261 Å². The van der Waals surface area contributed by atoms with E-state index in [2.05, 4.69) is 265 Å². The zero-order valence-electron chi connectivity index (χ0n) is 38.7. The first-order chi connectivity index (χ1) is 35.2. The molecule has 0 saturated heterocycles. The average Bonchev–Trinajstić information content (AvgIpc) is 3.45. The van der Waals surface area contributed by atoms with Gasteiger partial charge >= 0.3 is 0 Å². The number of aromatic nitrogens is 2. The molecule has 0 radical (unpaired) electrons. The molecule has 2 aliphatic rings. The fourth-order valence-corrected chi connectivity index (χ4v) is 11.0. The Morgan fingerprint density at radius 1 is 0.268 bits per heavy atom. The Morgan fingerprint density at radius 3 is 1.06 bits per heavy atom. The Morgan fingerprint density at radius 2 is 0.620 bits per heavy atom. The average molecular weight is 903 g/mol. The maximum atomic E-state index is 5.47. The molecule has 4 nitrogen and oxygen atoms in total. The molecule has 71 heavy (non-hydrogen) atoms. The summed E-state index contributed by atoms with van der Waals surface area (Å²) < 4.78 is 0. The van der Waals surface area contributed by atoms with Gasteiger partial charge in [-0.25, -0.2) is 9.97 Å². The number of hydrogen-bond donors (Lipinski definition) is 0. The standard InChI is InChI=1S/C66H43BN4/c1-5-17-44(18-6-1)46-29-33-55(34-30-46)70-61-39-52-27-15-13-25-50(52)37-57(61)67-58-38-51-26-14-16-28-53(51)40-62(58)71(56-35-31-47(32-36-56)45-19-7-2-8-20-45)64-42-54(41-63(70)65(64)67)60-43-59(48-21-9-3-10-22-48)68-66(69-60)49-23-11-4-12-24-49/h1-43H. The molecule has 0 atom stereocenters. The molecule has 5 heteroatoms. The highest BCUT2D eigenvalue weighted by molar-refractivity contribution is 7.00. The zero-order chi connectivity index (χ0) is 46.8. The second kappa shape index (κ2) is 16.7. The van der Waals surface area contributed by atoms with Crippen LogP contribution in [-0.4, -0.2) is 16.7 Å². The summed E-state index contributed by atoms with van der Waals surface area (Å²) in [7, 11) is 0. The number of rotatable bonds is 7. The number of benzene rings is 11. The van der Waals surface area contributed by atoms with E-state index in [4.69, 9.17) is 9.97 Å². The van der Waals surface area contributed by atoms with Gasteiger partial charge < -0.3 is 9.80 Å². The zero-order valence-corrected chi connectivity index (χ0v) is 38.7. The molecule has 1 aromatic heterocycles. The van der Waals surface area contributed by atoms with Gasteiger partial charge in [-0.3, -0.25) is 0 Å². The highest BCUT2D eigenvalue weighted by atomic mass is 15.2. The van der Waals surface area contributed by atoms with Gasteiger partial charge in [0.15, 0.2) is 5.82 Å². The van der Waals surface area contributed by atoms with Crippen molar-refractivity contribution in [3.63, 3.8) is 0 Å². The molecule has 0 amide bonds. The van der Waals surface area contributed by atoms with Crippen molar-refractivity contribution < 1.29 is 0 Å². The monoisotopic (exact) mass is 902 g/mol. The molecule has 0 bridgehead atoms. The van der Waals surface area contributed by atoms with Crippen molar-refractivity contribution in [1.29, 1.82) is 0 Å². The van der Waals surface area contributed by atoms with Crippen LogP contribution in [0.4, 0.5) is 34.1 Å². The molecular formula is C66H43BN4. The molecule has 14 rings (SSSR count). The third kappa shape index (κ3) is 7.01. The second-order valence-corrected chi connectivity index (χ2v) is 18.6. The first-order valence-electron chi connectivity index (χ1n) is 24.3. The van der Waals surface area contributed by atoms with Crippen LogP contribution in [0, 0.1) is 0 Å². The lowest BCUT2D eigenvalue weighted by molar-refractivity contribution is 1.18. The highest BCUT2D eigenvalue weighted by Crippen LogP contribution is 2.48. The third-order valence-electron chi connectivity index (χ3n) is 14.4. The fraction of sp³-hybridized carbons (Fsp3) is 0. The fourth-order valence-electron chi connectivity index (χ4n) is 11.0. The maximum Gasteiger partial charge on any atom is 0.252 e. The molecule has 0 unspecified atom stereocenters. The van der Waals surface area contributed by atoms with Crippen molar-refractivity contribution in [2.24, 2.45) is 0 Å². The van der Waals surface area contributed by atoms with E-state index in [1.165, 1.54) is 60.2 Å². The summed E-state index contributed by atoms with van der Waals surface area (Å²) >= 11 is 0. The Balaban J connectivity index is 1.09. The van der Waals surface area contributed by atoms with Crippen LogP contribution in [0.3, 0.4) is 0 Å². The molecule has 2 aliphatic heterocycles. The van der Waals surface area contributed by atoms with E-state index in [-0.39, 0.29) is 6.71 Å². The molecule has 0 spiro atoms. The van der Waals surface area contributed by atoms with Crippen molar-refractivity contribution in [2.45, 2.75) is 0 Å².